The van der Waals surface area contributed by atoms with Gasteiger partial charge in [-0.3, -0.25) is 0 Å². The smallest absolute Gasteiger partial charge is 0.156 e. The van der Waals surface area contributed by atoms with Gasteiger partial charge >= 0.3 is 0 Å². The zero-order valence-corrected chi connectivity index (χ0v) is 17.6. The van der Waals surface area contributed by atoms with Crippen molar-refractivity contribution in [1.29, 1.82) is 0 Å². The quantitative estimate of drug-likeness (QED) is 0.263. The number of rotatable bonds is 5. The second kappa shape index (κ2) is 7.97. The molecule has 2 nitrogen and oxygen atoms in total. The molecule has 1 heterocycles. The predicted molar refractivity (Wildman–Crippen MR) is 121 cm³/mol. The maximum Gasteiger partial charge on any atom is 0.156 e. The van der Waals surface area contributed by atoms with Gasteiger partial charge in [0.25, 0.3) is 0 Å². The van der Waals surface area contributed by atoms with Crippen LogP contribution < -0.4 is 4.74 Å². The molecule has 0 atom stereocenters. The largest absolute Gasteiger partial charge is 0.493 e. The SMILES string of the molecule is CC(C)COc1ccc(C(=S)Sc2nc3ccccc3s2)c2ccccc12. The average molecular weight is 410 g/mol. The van der Waals surface area contributed by atoms with Crippen LogP contribution in [-0.2, 0) is 0 Å². The predicted octanol–water partition coefficient (Wildman–Crippen LogP) is 6.95. The van der Waals surface area contributed by atoms with Crippen LogP contribution in [0.25, 0.3) is 21.0 Å². The third-order valence-corrected chi connectivity index (χ3v) is 6.60. The molecule has 0 amide bonds. The maximum atomic E-state index is 6.01. The highest BCUT2D eigenvalue weighted by molar-refractivity contribution is 8.24. The first-order valence-corrected chi connectivity index (χ1v) is 10.9. The van der Waals surface area contributed by atoms with Crippen LogP contribution >= 0.6 is 35.3 Å². The lowest BCUT2D eigenvalue weighted by atomic mass is 10.0. The zero-order chi connectivity index (χ0) is 18.8. The molecule has 0 saturated heterocycles. The summed E-state index contributed by atoms with van der Waals surface area (Å²) in [6, 6.07) is 20.6. The topological polar surface area (TPSA) is 22.1 Å². The lowest BCUT2D eigenvalue weighted by Gasteiger charge is -2.14. The number of hydrogen-bond acceptors (Lipinski definition) is 5. The number of nitrogens with zero attached hydrogens (tertiary/aromatic N) is 1. The Morgan fingerprint density at radius 1 is 1.04 bits per heavy atom. The summed E-state index contributed by atoms with van der Waals surface area (Å²) in [4.78, 5) is 4.69. The highest BCUT2D eigenvalue weighted by Gasteiger charge is 2.14. The van der Waals surface area contributed by atoms with Gasteiger partial charge in [0.1, 0.15) is 5.75 Å². The Balaban J connectivity index is 1.66. The van der Waals surface area contributed by atoms with Crippen LogP contribution in [0.1, 0.15) is 19.4 Å². The van der Waals surface area contributed by atoms with Crippen LogP contribution in [0.3, 0.4) is 0 Å². The second-order valence-electron chi connectivity index (χ2n) is 6.70. The summed E-state index contributed by atoms with van der Waals surface area (Å²) < 4.78 is 9.01. The van der Waals surface area contributed by atoms with E-state index in [0.717, 1.165) is 36.1 Å². The summed E-state index contributed by atoms with van der Waals surface area (Å²) >= 11 is 9.01. The van der Waals surface area contributed by atoms with Crippen molar-refractivity contribution < 1.29 is 4.74 Å². The highest BCUT2D eigenvalue weighted by atomic mass is 32.2. The second-order valence-corrected chi connectivity index (χ2v) is 9.65. The number of hydrogen-bond donors (Lipinski definition) is 0. The van der Waals surface area contributed by atoms with E-state index in [4.69, 9.17) is 21.9 Å². The van der Waals surface area contributed by atoms with E-state index in [1.54, 1.807) is 23.1 Å². The van der Waals surface area contributed by atoms with Crippen LogP contribution in [0.5, 0.6) is 5.75 Å². The molecule has 3 aromatic carbocycles. The molecule has 0 fully saturated rings. The average Bonchev–Trinajstić information content (AvgIpc) is 3.08. The molecule has 136 valence electrons. The third kappa shape index (κ3) is 4.00. The Morgan fingerprint density at radius 2 is 1.78 bits per heavy atom. The Bertz CT molecular complexity index is 1080. The van der Waals surface area contributed by atoms with Gasteiger partial charge in [0, 0.05) is 10.9 Å². The van der Waals surface area contributed by atoms with E-state index in [9.17, 15) is 0 Å². The number of fused-ring (bicyclic) bond motifs is 2. The van der Waals surface area contributed by atoms with Crippen molar-refractivity contribution in [3.63, 3.8) is 0 Å². The fourth-order valence-electron chi connectivity index (χ4n) is 2.86. The van der Waals surface area contributed by atoms with Crippen molar-refractivity contribution >= 4 is 60.5 Å². The monoisotopic (exact) mass is 409 g/mol. The molecule has 0 radical (unpaired) electrons. The summed E-state index contributed by atoms with van der Waals surface area (Å²) in [6.07, 6.45) is 0. The minimum atomic E-state index is 0.485. The van der Waals surface area contributed by atoms with E-state index in [2.05, 4.69) is 38.1 Å². The van der Waals surface area contributed by atoms with Gasteiger partial charge < -0.3 is 4.74 Å². The van der Waals surface area contributed by atoms with E-state index in [1.807, 2.05) is 36.4 Å². The van der Waals surface area contributed by atoms with Crippen molar-refractivity contribution in [3.05, 3.63) is 66.2 Å². The number of benzene rings is 3. The number of thiazole rings is 1. The van der Waals surface area contributed by atoms with E-state index in [0.29, 0.717) is 12.5 Å². The molecule has 4 rings (SSSR count). The van der Waals surface area contributed by atoms with Crippen molar-refractivity contribution in [1.82, 2.24) is 4.98 Å². The van der Waals surface area contributed by atoms with Gasteiger partial charge in [-0.05, 0) is 47.3 Å². The fourth-order valence-corrected chi connectivity index (χ4v) is 5.41. The first kappa shape index (κ1) is 18.4. The van der Waals surface area contributed by atoms with Crippen molar-refractivity contribution in [2.75, 3.05) is 6.61 Å². The van der Waals surface area contributed by atoms with Gasteiger partial charge in [-0.2, -0.15) is 0 Å². The molecule has 0 spiro atoms. The summed E-state index contributed by atoms with van der Waals surface area (Å²) in [5.74, 6) is 1.40. The lowest BCUT2D eigenvalue weighted by molar-refractivity contribution is 0.274. The Kier molecular flexibility index (Phi) is 5.43. The summed E-state index contributed by atoms with van der Waals surface area (Å²) in [5.41, 5.74) is 2.08. The van der Waals surface area contributed by atoms with Crippen molar-refractivity contribution in [2.24, 2.45) is 5.92 Å². The Labute approximate surface area is 172 Å². The van der Waals surface area contributed by atoms with Crippen LogP contribution in [0, 0.1) is 5.92 Å². The Hall–Kier alpha value is -1.95. The van der Waals surface area contributed by atoms with Crippen molar-refractivity contribution in [2.45, 2.75) is 18.2 Å². The van der Waals surface area contributed by atoms with Gasteiger partial charge in [0.05, 0.1) is 21.0 Å². The molecule has 0 aliphatic heterocycles. The normalized spacial score (nSPS) is 11.4. The summed E-state index contributed by atoms with van der Waals surface area (Å²) in [7, 11) is 0. The van der Waals surface area contributed by atoms with Crippen LogP contribution in [0.4, 0.5) is 0 Å². The number of thiocarbonyl (C=S) groups is 1. The van der Waals surface area contributed by atoms with Crippen LogP contribution in [0.2, 0.25) is 0 Å². The van der Waals surface area contributed by atoms with Gasteiger partial charge in [0.2, 0.25) is 0 Å². The molecular weight excluding hydrogens is 390 g/mol. The number of thioether (sulfide) groups is 1. The van der Waals surface area contributed by atoms with Gasteiger partial charge in [-0.25, -0.2) is 4.98 Å². The molecule has 27 heavy (non-hydrogen) atoms. The fraction of sp³-hybridized carbons (Fsp3) is 0.182. The molecule has 0 bridgehead atoms. The molecular formula is C22H19NOS3. The standard InChI is InChI=1S/C22H19NOS3/c1-14(2)13-24-19-12-11-17(15-7-3-4-8-16(15)19)21(25)27-22-23-18-9-5-6-10-20(18)26-22/h3-12,14H,13H2,1-2H3. The molecule has 0 N–H and O–H groups in total. The molecule has 4 aromatic rings. The number of aromatic nitrogens is 1. The zero-order valence-electron chi connectivity index (χ0n) is 15.1. The van der Waals surface area contributed by atoms with Gasteiger partial charge in [0.15, 0.2) is 4.34 Å². The molecule has 1 aromatic heterocycles. The molecule has 5 heteroatoms. The van der Waals surface area contributed by atoms with E-state index in [1.165, 1.54) is 4.70 Å². The third-order valence-electron chi connectivity index (χ3n) is 4.13. The molecule has 0 saturated carbocycles. The highest BCUT2D eigenvalue weighted by Crippen LogP contribution is 2.36. The van der Waals surface area contributed by atoms with Gasteiger partial charge in [-0.1, -0.05) is 62.5 Å². The van der Waals surface area contributed by atoms with E-state index in [-0.39, 0.29) is 0 Å². The number of para-hydroxylation sites is 1. The van der Waals surface area contributed by atoms with Crippen molar-refractivity contribution in [3.8, 4) is 5.75 Å². The number of ether oxygens (including phenoxy) is 1. The first-order chi connectivity index (χ1) is 13.1. The summed E-state index contributed by atoms with van der Waals surface area (Å²) in [6.45, 7) is 5.01. The molecule has 0 unspecified atom stereocenters. The lowest BCUT2D eigenvalue weighted by Crippen LogP contribution is -2.05. The van der Waals surface area contributed by atoms with Crippen LogP contribution in [-0.4, -0.2) is 15.8 Å². The Morgan fingerprint density at radius 3 is 2.56 bits per heavy atom. The van der Waals surface area contributed by atoms with Gasteiger partial charge in [-0.15, -0.1) is 11.3 Å². The van der Waals surface area contributed by atoms with E-state index < -0.39 is 0 Å². The minimum Gasteiger partial charge on any atom is -0.493 e. The van der Waals surface area contributed by atoms with Crippen LogP contribution in [0.15, 0.2) is 65.0 Å². The maximum absolute atomic E-state index is 6.01. The molecule has 0 aliphatic rings. The minimum absolute atomic E-state index is 0.485. The summed E-state index contributed by atoms with van der Waals surface area (Å²) in [5, 5.41) is 2.22. The first-order valence-electron chi connectivity index (χ1n) is 8.84. The molecule has 0 aliphatic carbocycles. The van der Waals surface area contributed by atoms with E-state index >= 15 is 0 Å².